The minimum atomic E-state index is -1.62. The van der Waals surface area contributed by atoms with Gasteiger partial charge < -0.3 is 18.0 Å². The summed E-state index contributed by atoms with van der Waals surface area (Å²) in [5.41, 5.74) is 0. The van der Waals surface area contributed by atoms with Crippen LogP contribution in [-0.4, -0.2) is 35.1 Å². The highest BCUT2D eigenvalue weighted by Crippen LogP contribution is 2.05. The number of hydrogen-bond acceptors (Lipinski definition) is 4. The third kappa shape index (κ3) is 7.93. The van der Waals surface area contributed by atoms with E-state index in [4.69, 9.17) is 18.0 Å². The van der Waals surface area contributed by atoms with Gasteiger partial charge in [0, 0.05) is 13.2 Å². The predicted octanol–water partition coefficient (Wildman–Crippen LogP) is 2.22. The summed E-state index contributed by atoms with van der Waals surface area (Å²) in [6.07, 6.45) is 0.900. The Hall–Kier alpha value is 0.0569. The summed E-state index contributed by atoms with van der Waals surface area (Å²) in [4.78, 5) is 0. The minimum absolute atomic E-state index is 0.200. The average Bonchev–Trinajstić information content (AvgIpc) is 2.18. The summed E-state index contributed by atoms with van der Waals surface area (Å²) < 4.78 is 21.8. The highest BCUT2D eigenvalue weighted by molar-refractivity contribution is 6.36. The van der Waals surface area contributed by atoms with Crippen LogP contribution in [0.15, 0.2) is 0 Å². The maximum atomic E-state index is 5.57. The Morgan fingerprint density at radius 3 is 1.93 bits per heavy atom. The van der Waals surface area contributed by atoms with Crippen LogP contribution in [0, 0.1) is 0 Å². The lowest BCUT2D eigenvalue weighted by molar-refractivity contribution is -0.125. The molecule has 0 saturated heterocycles. The van der Waals surface area contributed by atoms with Gasteiger partial charge in [0.2, 0.25) is 0 Å². The molecule has 1 radical (unpaired) electrons. The van der Waals surface area contributed by atoms with E-state index >= 15 is 0 Å². The molecule has 0 amide bonds. The van der Waals surface area contributed by atoms with E-state index in [9.17, 15) is 0 Å². The molecule has 0 aromatic heterocycles. The van der Waals surface area contributed by atoms with Gasteiger partial charge in [-0.1, -0.05) is 6.92 Å². The summed E-state index contributed by atoms with van der Waals surface area (Å²) in [6.45, 7) is 11.0. The van der Waals surface area contributed by atoms with Gasteiger partial charge in [-0.05, 0) is 34.1 Å². The molecule has 0 aliphatic rings. The summed E-state index contributed by atoms with van der Waals surface area (Å²) in [5.74, 6) is 0. The zero-order valence-electron chi connectivity index (χ0n) is 10.4. The molecule has 5 heteroatoms. The Labute approximate surface area is 94.8 Å². The van der Waals surface area contributed by atoms with Gasteiger partial charge in [-0.3, -0.25) is 0 Å². The lowest BCUT2D eigenvalue weighted by Gasteiger charge is -2.21. The SMILES string of the molecule is CCO[Si](OCC)OC(C)OC(C)CC. The number of rotatable bonds is 9. The Kier molecular flexibility index (Phi) is 9.33. The van der Waals surface area contributed by atoms with E-state index in [1.54, 1.807) is 0 Å². The van der Waals surface area contributed by atoms with Crippen molar-refractivity contribution < 1.29 is 18.0 Å². The molecule has 0 N–H and O–H groups in total. The normalized spacial score (nSPS) is 15.6. The molecule has 0 heterocycles. The van der Waals surface area contributed by atoms with E-state index in [1.807, 2.05) is 27.7 Å². The molecule has 0 aliphatic carbocycles. The highest BCUT2D eigenvalue weighted by Gasteiger charge is 2.22. The van der Waals surface area contributed by atoms with E-state index in [-0.39, 0.29) is 12.4 Å². The summed E-state index contributed by atoms with van der Waals surface area (Å²) in [5, 5.41) is 0. The monoisotopic (exact) mass is 235 g/mol. The standard InChI is InChI=1S/C10H23O4Si/c1-6-9(4)13-10(5)14-15(11-7-2)12-8-3/h9-10H,6-8H2,1-5H3. The van der Waals surface area contributed by atoms with Crippen molar-refractivity contribution in [2.45, 2.75) is 53.4 Å². The van der Waals surface area contributed by atoms with Crippen molar-refractivity contribution in [2.75, 3.05) is 13.2 Å². The largest absolute Gasteiger partial charge is 0.579 e. The fraction of sp³-hybridized carbons (Fsp3) is 1.00. The molecule has 0 bridgehead atoms. The van der Waals surface area contributed by atoms with Crippen LogP contribution in [0.3, 0.4) is 0 Å². The van der Waals surface area contributed by atoms with E-state index < -0.39 is 9.53 Å². The molecule has 91 valence electrons. The molecular weight excluding hydrogens is 212 g/mol. The Morgan fingerprint density at radius 1 is 1.00 bits per heavy atom. The molecule has 2 unspecified atom stereocenters. The molecule has 2 atom stereocenters. The van der Waals surface area contributed by atoms with Gasteiger partial charge in [-0.25, -0.2) is 0 Å². The van der Waals surface area contributed by atoms with Crippen molar-refractivity contribution in [3.05, 3.63) is 0 Å². The minimum Gasteiger partial charge on any atom is -0.371 e. The molecule has 0 rings (SSSR count). The summed E-state index contributed by atoms with van der Waals surface area (Å²) >= 11 is 0. The van der Waals surface area contributed by atoms with Crippen LogP contribution >= 0.6 is 0 Å². The molecule has 0 saturated carbocycles. The molecule has 0 fully saturated rings. The van der Waals surface area contributed by atoms with E-state index in [2.05, 4.69) is 6.92 Å². The fourth-order valence-corrected chi connectivity index (χ4v) is 1.95. The van der Waals surface area contributed by atoms with Crippen LogP contribution in [0.1, 0.15) is 41.0 Å². The summed E-state index contributed by atoms with van der Waals surface area (Å²) in [7, 11) is -1.62. The van der Waals surface area contributed by atoms with Gasteiger partial charge >= 0.3 is 9.53 Å². The van der Waals surface area contributed by atoms with Crippen LogP contribution in [0.2, 0.25) is 0 Å². The van der Waals surface area contributed by atoms with Gasteiger partial charge in [0.25, 0.3) is 0 Å². The van der Waals surface area contributed by atoms with Crippen molar-refractivity contribution in [3.8, 4) is 0 Å². The van der Waals surface area contributed by atoms with Crippen molar-refractivity contribution in [2.24, 2.45) is 0 Å². The molecule has 15 heavy (non-hydrogen) atoms. The Bertz CT molecular complexity index is 139. The van der Waals surface area contributed by atoms with Crippen LogP contribution in [-0.2, 0) is 18.0 Å². The lowest BCUT2D eigenvalue weighted by Crippen LogP contribution is -2.33. The second-order valence-electron chi connectivity index (χ2n) is 3.16. The second kappa shape index (κ2) is 9.29. The van der Waals surface area contributed by atoms with Gasteiger partial charge in [0.05, 0.1) is 6.10 Å². The van der Waals surface area contributed by atoms with Crippen LogP contribution in [0.4, 0.5) is 0 Å². The Balaban J connectivity index is 3.81. The quantitative estimate of drug-likeness (QED) is 0.453. The molecular formula is C10H23O4Si. The first kappa shape index (κ1) is 15.1. The molecule has 0 aliphatic heterocycles. The zero-order chi connectivity index (χ0) is 11.7. The average molecular weight is 235 g/mol. The predicted molar refractivity (Wildman–Crippen MR) is 60.4 cm³/mol. The zero-order valence-corrected chi connectivity index (χ0v) is 11.4. The van der Waals surface area contributed by atoms with Crippen molar-refractivity contribution in [1.29, 1.82) is 0 Å². The van der Waals surface area contributed by atoms with Crippen LogP contribution in [0.5, 0.6) is 0 Å². The van der Waals surface area contributed by atoms with Crippen LogP contribution < -0.4 is 0 Å². The van der Waals surface area contributed by atoms with Gasteiger partial charge in [0.15, 0.2) is 0 Å². The molecule has 0 aromatic carbocycles. The molecule has 0 spiro atoms. The number of ether oxygens (including phenoxy) is 1. The van der Waals surface area contributed by atoms with Gasteiger partial charge in [-0.2, -0.15) is 0 Å². The van der Waals surface area contributed by atoms with Crippen LogP contribution in [0.25, 0.3) is 0 Å². The third-order valence-electron chi connectivity index (χ3n) is 1.79. The smallest absolute Gasteiger partial charge is 0.371 e. The molecule has 0 aromatic rings. The number of hydrogen-bond donors (Lipinski definition) is 0. The molecule has 4 nitrogen and oxygen atoms in total. The second-order valence-corrected chi connectivity index (χ2v) is 4.47. The lowest BCUT2D eigenvalue weighted by atomic mass is 10.3. The fourth-order valence-electron chi connectivity index (χ4n) is 0.932. The Morgan fingerprint density at radius 2 is 1.53 bits per heavy atom. The van der Waals surface area contributed by atoms with Crippen molar-refractivity contribution in [3.63, 3.8) is 0 Å². The first-order valence-corrected chi connectivity index (χ1v) is 6.81. The van der Waals surface area contributed by atoms with E-state index in [0.717, 1.165) is 6.42 Å². The maximum absolute atomic E-state index is 5.57. The van der Waals surface area contributed by atoms with Crippen molar-refractivity contribution in [1.82, 2.24) is 0 Å². The maximum Gasteiger partial charge on any atom is 0.579 e. The first-order valence-electron chi connectivity index (χ1n) is 5.58. The first-order chi connectivity index (χ1) is 7.13. The third-order valence-corrected chi connectivity index (χ3v) is 3.36. The van der Waals surface area contributed by atoms with Crippen molar-refractivity contribution >= 4 is 9.53 Å². The highest BCUT2D eigenvalue weighted by atomic mass is 28.3. The van der Waals surface area contributed by atoms with E-state index in [1.165, 1.54) is 0 Å². The summed E-state index contributed by atoms with van der Waals surface area (Å²) in [6, 6.07) is 0. The van der Waals surface area contributed by atoms with E-state index in [0.29, 0.717) is 13.2 Å². The van der Waals surface area contributed by atoms with Gasteiger partial charge in [0.1, 0.15) is 6.29 Å². The van der Waals surface area contributed by atoms with Gasteiger partial charge in [-0.15, -0.1) is 0 Å². The topological polar surface area (TPSA) is 36.9 Å².